The first-order valence-corrected chi connectivity index (χ1v) is 10.9. The Hall–Kier alpha value is -2.72. The predicted octanol–water partition coefficient (Wildman–Crippen LogP) is 2.29. The summed E-state index contributed by atoms with van der Waals surface area (Å²) >= 11 is 1.19. The van der Waals surface area contributed by atoms with E-state index < -0.39 is 0 Å². The monoisotopic (exact) mass is 450 g/mol. The Labute approximate surface area is 186 Å². The number of aliphatic hydroxyl groups excluding tert-OH is 1. The molecule has 170 valence electrons. The zero-order chi connectivity index (χ0) is 22.8. The van der Waals surface area contributed by atoms with E-state index in [4.69, 9.17) is 9.47 Å². The molecule has 2 aromatic rings. The fourth-order valence-corrected chi connectivity index (χ4v) is 3.54. The second-order valence-electron chi connectivity index (χ2n) is 7.22. The van der Waals surface area contributed by atoms with Gasteiger partial charge in [0.05, 0.1) is 38.5 Å². The molecule has 0 atom stereocenters. The first kappa shape index (κ1) is 24.5. The lowest BCUT2D eigenvalue weighted by Crippen LogP contribution is -2.30. The molecule has 9 nitrogen and oxygen atoms in total. The van der Waals surface area contributed by atoms with Gasteiger partial charge in [-0.1, -0.05) is 25.6 Å². The van der Waals surface area contributed by atoms with Crippen LogP contribution in [0.1, 0.15) is 26.0 Å². The van der Waals surface area contributed by atoms with Gasteiger partial charge in [0.1, 0.15) is 6.54 Å². The number of methoxy groups -OCH3 is 2. The van der Waals surface area contributed by atoms with Crippen molar-refractivity contribution >= 4 is 29.3 Å². The maximum atomic E-state index is 12.4. The molecule has 2 rings (SSSR count). The van der Waals surface area contributed by atoms with Crippen molar-refractivity contribution in [2.24, 2.45) is 5.92 Å². The van der Waals surface area contributed by atoms with Crippen molar-refractivity contribution in [3.8, 4) is 11.5 Å². The molecule has 31 heavy (non-hydrogen) atoms. The van der Waals surface area contributed by atoms with Gasteiger partial charge < -0.3 is 29.8 Å². The van der Waals surface area contributed by atoms with Gasteiger partial charge in [-0.3, -0.25) is 9.59 Å². The number of imidazole rings is 1. The van der Waals surface area contributed by atoms with Gasteiger partial charge in [-0.25, -0.2) is 4.98 Å². The highest BCUT2D eigenvalue weighted by atomic mass is 32.2. The smallest absolute Gasteiger partial charge is 0.240 e. The van der Waals surface area contributed by atoms with E-state index in [9.17, 15) is 14.7 Å². The number of hydrogen-bond donors (Lipinski definition) is 3. The molecule has 1 aromatic carbocycles. The number of thioether (sulfide) groups is 1. The van der Waals surface area contributed by atoms with Crippen molar-refractivity contribution in [2.75, 3.05) is 31.8 Å². The molecule has 0 spiro atoms. The average Bonchev–Trinajstić information content (AvgIpc) is 3.13. The maximum Gasteiger partial charge on any atom is 0.240 e. The molecular weight excluding hydrogens is 420 g/mol. The summed E-state index contributed by atoms with van der Waals surface area (Å²) in [6, 6.07) is 5.10. The summed E-state index contributed by atoms with van der Waals surface area (Å²) in [5.41, 5.74) is 1.09. The van der Waals surface area contributed by atoms with Crippen LogP contribution in [-0.4, -0.2) is 53.0 Å². The number of nitrogens with one attached hydrogen (secondary N) is 2. The number of carbonyl (C=O) groups is 2. The standard InChI is InChI=1S/C21H30N4O5S/c1-14(2)7-8-22-19(27)11-25-16(12-26)10-23-21(25)31-13-20(28)24-15-5-6-17(29-3)18(9-15)30-4/h5-6,9-10,14,26H,7-8,11-13H2,1-4H3,(H,22,27)(H,24,28). The normalized spacial score (nSPS) is 10.8. The number of rotatable bonds is 12. The SMILES string of the molecule is COc1ccc(NC(=O)CSc2ncc(CO)n2CC(=O)NCCC(C)C)cc1OC. The first-order chi connectivity index (χ1) is 14.9. The lowest BCUT2D eigenvalue weighted by atomic mass is 10.1. The third-order valence-corrected chi connectivity index (χ3v) is 5.40. The van der Waals surface area contributed by atoms with E-state index in [1.54, 1.807) is 29.9 Å². The Morgan fingerprint density at radius 2 is 1.94 bits per heavy atom. The second-order valence-corrected chi connectivity index (χ2v) is 8.16. The van der Waals surface area contributed by atoms with Crippen LogP contribution in [0.3, 0.4) is 0 Å². The number of amides is 2. The number of ether oxygens (including phenoxy) is 2. The van der Waals surface area contributed by atoms with E-state index in [1.165, 1.54) is 25.1 Å². The summed E-state index contributed by atoms with van der Waals surface area (Å²) in [6.45, 7) is 4.57. The Kier molecular flexibility index (Phi) is 9.67. The molecule has 0 saturated heterocycles. The minimum Gasteiger partial charge on any atom is -0.493 e. The molecule has 2 amide bonds. The van der Waals surface area contributed by atoms with Gasteiger partial charge in [0, 0.05) is 18.3 Å². The molecule has 0 aliphatic heterocycles. The third-order valence-electron chi connectivity index (χ3n) is 4.41. The van der Waals surface area contributed by atoms with Crippen molar-refractivity contribution in [3.05, 3.63) is 30.1 Å². The van der Waals surface area contributed by atoms with E-state index in [0.717, 1.165) is 6.42 Å². The average molecular weight is 451 g/mol. The van der Waals surface area contributed by atoms with Crippen LogP contribution in [0, 0.1) is 5.92 Å². The van der Waals surface area contributed by atoms with Gasteiger partial charge in [-0.15, -0.1) is 0 Å². The fraction of sp³-hybridized carbons (Fsp3) is 0.476. The number of hydrogen-bond acceptors (Lipinski definition) is 7. The molecule has 0 saturated carbocycles. The van der Waals surface area contributed by atoms with Gasteiger partial charge in [-0.2, -0.15) is 0 Å². The van der Waals surface area contributed by atoms with Crippen molar-refractivity contribution < 1.29 is 24.2 Å². The molecular formula is C21H30N4O5S. The number of aliphatic hydroxyl groups is 1. The Bertz CT molecular complexity index is 885. The lowest BCUT2D eigenvalue weighted by molar-refractivity contribution is -0.121. The van der Waals surface area contributed by atoms with Gasteiger partial charge in [-0.05, 0) is 24.5 Å². The molecule has 0 aliphatic carbocycles. The van der Waals surface area contributed by atoms with Crippen molar-refractivity contribution in [1.29, 1.82) is 0 Å². The van der Waals surface area contributed by atoms with Gasteiger partial charge in [0.2, 0.25) is 11.8 Å². The Balaban J connectivity index is 1.96. The van der Waals surface area contributed by atoms with E-state index in [0.29, 0.717) is 40.5 Å². The summed E-state index contributed by atoms with van der Waals surface area (Å²) in [5, 5.41) is 15.7. The second kappa shape index (κ2) is 12.2. The van der Waals surface area contributed by atoms with Crippen LogP contribution in [0.4, 0.5) is 5.69 Å². The number of nitrogens with zero attached hydrogens (tertiary/aromatic N) is 2. The molecule has 3 N–H and O–H groups in total. The molecule has 10 heteroatoms. The summed E-state index contributed by atoms with van der Waals surface area (Å²) in [7, 11) is 3.07. The summed E-state index contributed by atoms with van der Waals surface area (Å²) in [5.74, 6) is 1.27. The van der Waals surface area contributed by atoms with Crippen LogP contribution in [0.15, 0.2) is 29.6 Å². The minimum absolute atomic E-state index is 0.0353. The highest BCUT2D eigenvalue weighted by Crippen LogP contribution is 2.30. The van der Waals surface area contributed by atoms with Crippen LogP contribution >= 0.6 is 11.8 Å². The van der Waals surface area contributed by atoms with Gasteiger partial charge in [0.15, 0.2) is 16.7 Å². The predicted molar refractivity (Wildman–Crippen MR) is 120 cm³/mol. The number of benzene rings is 1. The summed E-state index contributed by atoms with van der Waals surface area (Å²) in [4.78, 5) is 28.9. The Morgan fingerprint density at radius 3 is 2.58 bits per heavy atom. The molecule has 0 bridgehead atoms. The quantitative estimate of drug-likeness (QED) is 0.425. The number of anilines is 1. The van der Waals surface area contributed by atoms with E-state index in [1.807, 2.05) is 0 Å². The fourth-order valence-electron chi connectivity index (χ4n) is 2.74. The van der Waals surface area contributed by atoms with Crippen LogP contribution in [0.5, 0.6) is 11.5 Å². The summed E-state index contributed by atoms with van der Waals surface area (Å²) in [6.07, 6.45) is 2.40. The minimum atomic E-state index is -0.245. The molecule has 1 aromatic heterocycles. The zero-order valence-electron chi connectivity index (χ0n) is 18.3. The Morgan fingerprint density at radius 1 is 1.19 bits per heavy atom. The van der Waals surface area contributed by atoms with Crippen LogP contribution in [0.25, 0.3) is 0 Å². The molecule has 0 unspecified atom stereocenters. The van der Waals surface area contributed by atoms with E-state index in [-0.39, 0.29) is 30.7 Å². The van der Waals surface area contributed by atoms with E-state index >= 15 is 0 Å². The van der Waals surface area contributed by atoms with E-state index in [2.05, 4.69) is 29.5 Å². The lowest BCUT2D eigenvalue weighted by Gasteiger charge is -2.12. The topological polar surface area (TPSA) is 115 Å². The highest BCUT2D eigenvalue weighted by Gasteiger charge is 2.15. The van der Waals surface area contributed by atoms with Crippen molar-refractivity contribution in [2.45, 2.75) is 38.6 Å². The van der Waals surface area contributed by atoms with Crippen LogP contribution in [0.2, 0.25) is 0 Å². The molecule has 1 heterocycles. The largest absolute Gasteiger partial charge is 0.493 e. The maximum absolute atomic E-state index is 12.4. The van der Waals surface area contributed by atoms with Crippen molar-refractivity contribution in [3.63, 3.8) is 0 Å². The molecule has 0 aliphatic rings. The van der Waals surface area contributed by atoms with Crippen LogP contribution in [-0.2, 0) is 22.7 Å². The molecule has 0 fully saturated rings. The summed E-state index contributed by atoms with van der Waals surface area (Å²) < 4.78 is 12.1. The number of aromatic nitrogens is 2. The molecule has 0 radical (unpaired) electrons. The highest BCUT2D eigenvalue weighted by molar-refractivity contribution is 7.99. The zero-order valence-corrected chi connectivity index (χ0v) is 19.1. The van der Waals surface area contributed by atoms with Crippen LogP contribution < -0.4 is 20.1 Å². The first-order valence-electron chi connectivity index (χ1n) is 9.94. The van der Waals surface area contributed by atoms with Crippen molar-refractivity contribution in [1.82, 2.24) is 14.9 Å². The third kappa shape index (κ3) is 7.48. The van der Waals surface area contributed by atoms with Gasteiger partial charge in [0.25, 0.3) is 0 Å². The van der Waals surface area contributed by atoms with Gasteiger partial charge >= 0.3 is 0 Å². The number of carbonyl (C=O) groups excluding carboxylic acids is 2.